The molecule has 0 aromatic heterocycles. The molecule has 1 unspecified atom stereocenters. The number of hydrogen-bond donors (Lipinski definition) is 1. The van der Waals surface area contributed by atoms with Gasteiger partial charge in [-0.2, -0.15) is 5.26 Å². The van der Waals surface area contributed by atoms with Gasteiger partial charge >= 0.3 is 0 Å². The maximum absolute atomic E-state index is 9.13. The lowest BCUT2D eigenvalue weighted by Gasteiger charge is -2.28. The van der Waals surface area contributed by atoms with Crippen molar-refractivity contribution in [3.8, 4) is 6.07 Å². The SMILES string of the molecule is CCCNC(C#N)CN(CC(C)C)CC(C)C. The van der Waals surface area contributed by atoms with Gasteiger partial charge in [0.15, 0.2) is 0 Å². The van der Waals surface area contributed by atoms with Gasteiger partial charge in [-0.25, -0.2) is 0 Å². The first-order valence-corrected chi connectivity index (χ1v) is 6.84. The van der Waals surface area contributed by atoms with Gasteiger partial charge in [-0.1, -0.05) is 34.6 Å². The smallest absolute Gasteiger partial charge is 0.108 e. The highest BCUT2D eigenvalue weighted by atomic mass is 15.1. The Hall–Kier alpha value is -0.590. The van der Waals surface area contributed by atoms with Gasteiger partial charge in [-0.15, -0.1) is 0 Å². The van der Waals surface area contributed by atoms with Crippen LogP contribution in [0.1, 0.15) is 41.0 Å². The quantitative estimate of drug-likeness (QED) is 0.672. The summed E-state index contributed by atoms with van der Waals surface area (Å²) >= 11 is 0. The lowest BCUT2D eigenvalue weighted by molar-refractivity contribution is 0.208. The molecule has 0 saturated carbocycles. The summed E-state index contributed by atoms with van der Waals surface area (Å²) in [6, 6.07) is 2.33. The van der Waals surface area contributed by atoms with Gasteiger partial charge in [-0.3, -0.25) is 0 Å². The molecule has 0 aromatic carbocycles. The van der Waals surface area contributed by atoms with E-state index < -0.39 is 0 Å². The number of nitrogens with one attached hydrogen (secondary N) is 1. The van der Waals surface area contributed by atoms with E-state index >= 15 is 0 Å². The van der Waals surface area contributed by atoms with Crippen LogP contribution in [0.15, 0.2) is 0 Å². The average Bonchev–Trinajstić information content (AvgIpc) is 2.22. The molecule has 0 aliphatic carbocycles. The monoisotopic (exact) mass is 239 g/mol. The Labute approximate surface area is 107 Å². The summed E-state index contributed by atoms with van der Waals surface area (Å²) in [5.41, 5.74) is 0. The molecule has 0 aliphatic heterocycles. The van der Waals surface area contributed by atoms with E-state index in [0.29, 0.717) is 11.8 Å². The number of hydrogen-bond acceptors (Lipinski definition) is 3. The van der Waals surface area contributed by atoms with Crippen molar-refractivity contribution in [2.75, 3.05) is 26.2 Å². The summed E-state index contributed by atoms with van der Waals surface area (Å²) in [4.78, 5) is 2.41. The molecule has 0 amide bonds. The fraction of sp³-hybridized carbons (Fsp3) is 0.929. The maximum atomic E-state index is 9.13. The standard InChI is InChI=1S/C14H29N3/c1-6-7-16-14(8-15)11-17(9-12(2)3)10-13(4)5/h12-14,16H,6-7,9-11H2,1-5H3. The molecule has 17 heavy (non-hydrogen) atoms. The molecule has 0 bridgehead atoms. The second-order valence-corrected chi connectivity index (χ2v) is 5.64. The van der Waals surface area contributed by atoms with Crippen molar-refractivity contribution in [1.82, 2.24) is 10.2 Å². The second kappa shape index (κ2) is 9.44. The predicted molar refractivity (Wildman–Crippen MR) is 73.8 cm³/mol. The molecule has 0 aromatic rings. The van der Waals surface area contributed by atoms with Gasteiger partial charge in [0.1, 0.15) is 6.04 Å². The summed E-state index contributed by atoms with van der Waals surface area (Å²) in [6.07, 6.45) is 1.08. The van der Waals surface area contributed by atoms with E-state index in [1.165, 1.54) is 0 Å². The van der Waals surface area contributed by atoms with Crippen LogP contribution in [0.3, 0.4) is 0 Å². The molecule has 0 heterocycles. The zero-order chi connectivity index (χ0) is 13.3. The first-order chi connectivity index (χ1) is 7.99. The minimum absolute atomic E-state index is 0.0348. The van der Waals surface area contributed by atoms with E-state index in [-0.39, 0.29) is 6.04 Å². The van der Waals surface area contributed by atoms with Gasteiger partial charge < -0.3 is 10.2 Å². The molecule has 0 fully saturated rings. The Morgan fingerprint density at radius 3 is 1.94 bits per heavy atom. The van der Waals surface area contributed by atoms with Crippen molar-refractivity contribution in [3.63, 3.8) is 0 Å². The molecular formula is C14H29N3. The van der Waals surface area contributed by atoms with E-state index in [2.05, 4.69) is 50.9 Å². The highest BCUT2D eigenvalue weighted by Gasteiger charge is 2.15. The van der Waals surface area contributed by atoms with E-state index in [1.54, 1.807) is 0 Å². The van der Waals surface area contributed by atoms with Gasteiger partial charge in [0.05, 0.1) is 6.07 Å². The number of rotatable bonds is 9. The largest absolute Gasteiger partial charge is 0.301 e. The third kappa shape index (κ3) is 9.14. The fourth-order valence-electron chi connectivity index (χ4n) is 1.98. The maximum Gasteiger partial charge on any atom is 0.108 e. The van der Waals surface area contributed by atoms with Crippen molar-refractivity contribution >= 4 is 0 Å². The Kier molecular flexibility index (Phi) is 9.11. The van der Waals surface area contributed by atoms with Gasteiger partial charge in [0.2, 0.25) is 0 Å². The predicted octanol–water partition coefficient (Wildman–Crippen LogP) is 2.49. The summed E-state index contributed by atoms with van der Waals surface area (Å²) in [7, 11) is 0. The molecule has 0 rings (SSSR count). The van der Waals surface area contributed by atoms with Crippen molar-refractivity contribution in [1.29, 1.82) is 5.26 Å². The summed E-state index contributed by atoms with van der Waals surface area (Å²) in [5.74, 6) is 1.30. The van der Waals surface area contributed by atoms with Crippen LogP contribution in [-0.2, 0) is 0 Å². The van der Waals surface area contributed by atoms with Gasteiger partial charge in [-0.05, 0) is 24.8 Å². The first-order valence-electron chi connectivity index (χ1n) is 6.84. The molecule has 100 valence electrons. The Morgan fingerprint density at radius 2 is 1.59 bits per heavy atom. The highest BCUT2D eigenvalue weighted by molar-refractivity contribution is 4.92. The zero-order valence-electron chi connectivity index (χ0n) is 12.2. The summed E-state index contributed by atoms with van der Waals surface area (Å²) in [5, 5.41) is 12.4. The first kappa shape index (κ1) is 16.4. The lowest BCUT2D eigenvalue weighted by Crippen LogP contribution is -2.43. The number of nitriles is 1. The van der Waals surface area contributed by atoms with E-state index in [9.17, 15) is 0 Å². The van der Waals surface area contributed by atoms with Crippen LogP contribution in [0.2, 0.25) is 0 Å². The Morgan fingerprint density at radius 1 is 1.06 bits per heavy atom. The lowest BCUT2D eigenvalue weighted by atomic mass is 10.1. The Bertz CT molecular complexity index is 208. The molecule has 0 saturated heterocycles. The highest BCUT2D eigenvalue weighted by Crippen LogP contribution is 2.04. The van der Waals surface area contributed by atoms with Crippen LogP contribution in [0.5, 0.6) is 0 Å². The molecule has 0 aliphatic rings. The van der Waals surface area contributed by atoms with Crippen LogP contribution < -0.4 is 5.32 Å². The van der Waals surface area contributed by atoms with Crippen molar-refractivity contribution in [2.24, 2.45) is 11.8 Å². The van der Waals surface area contributed by atoms with Crippen LogP contribution in [-0.4, -0.2) is 37.1 Å². The molecule has 1 N–H and O–H groups in total. The van der Waals surface area contributed by atoms with E-state index in [0.717, 1.165) is 32.6 Å². The van der Waals surface area contributed by atoms with Gasteiger partial charge in [0, 0.05) is 19.6 Å². The van der Waals surface area contributed by atoms with Crippen LogP contribution in [0.4, 0.5) is 0 Å². The summed E-state index contributed by atoms with van der Waals surface area (Å²) < 4.78 is 0. The Balaban J connectivity index is 4.22. The van der Waals surface area contributed by atoms with Crippen molar-refractivity contribution < 1.29 is 0 Å². The second-order valence-electron chi connectivity index (χ2n) is 5.64. The topological polar surface area (TPSA) is 39.1 Å². The fourth-order valence-corrected chi connectivity index (χ4v) is 1.98. The third-order valence-electron chi connectivity index (χ3n) is 2.48. The van der Waals surface area contributed by atoms with E-state index in [4.69, 9.17) is 5.26 Å². The van der Waals surface area contributed by atoms with Crippen LogP contribution >= 0.6 is 0 Å². The number of nitrogens with zero attached hydrogens (tertiary/aromatic N) is 2. The third-order valence-corrected chi connectivity index (χ3v) is 2.48. The normalized spacial score (nSPS) is 13.4. The molecule has 1 atom stereocenters. The van der Waals surface area contributed by atoms with Crippen LogP contribution in [0.25, 0.3) is 0 Å². The summed E-state index contributed by atoms with van der Waals surface area (Å²) in [6.45, 7) is 15.0. The van der Waals surface area contributed by atoms with Crippen LogP contribution in [0, 0.1) is 23.2 Å². The van der Waals surface area contributed by atoms with Crippen molar-refractivity contribution in [2.45, 2.75) is 47.1 Å². The molecule has 0 radical (unpaired) electrons. The average molecular weight is 239 g/mol. The molecular weight excluding hydrogens is 210 g/mol. The molecule has 0 spiro atoms. The molecule has 3 heteroatoms. The minimum Gasteiger partial charge on any atom is -0.301 e. The minimum atomic E-state index is -0.0348. The zero-order valence-corrected chi connectivity index (χ0v) is 12.2. The van der Waals surface area contributed by atoms with Gasteiger partial charge in [0.25, 0.3) is 0 Å². The molecule has 3 nitrogen and oxygen atoms in total. The van der Waals surface area contributed by atoms with Crippen molar-refractivity contribution in [3.05, 3.63) is 0 Å². The van der Waals surface area contributed by atoms with E-state index in [1.807, 2.05) is 0 Å².